The van der Waals surface area contributed by atoms with E-state index in [2.05, 4.69) is 6.92 Å². The molecule has 0 aliphatic rings. The highest BCUT2D eigenvalue weighted by Crippen LogP contribution is 1.98. The number of nitrogens with two attached hydrogens (primary N) is 1. The molecule has 0 aromatic carbocycles. The lowest BCUT2D eigenvalue weighted by molar-refractivity contribution is 0.0992. The van der Waals surface area contributed by atoms with Gasteiger partial charge in [-0.25, -0.2) is 0 Å². The van der Waals surface area contributed by atoms with E-state index in [4.69, 9.17) is 19.0 Å². The van der Waals surface area contributed by atoms with Gasteiger partial charge in [0.2, 0.25) is 0 Å². The molecule has 0 saturated carbocycles. The molecule has 1 atom stereocenters. The van der Waals surface area contributed by atoms with Crippen LogP contribution in [0.4, 0.5) is 0 Å². The van der Waals surface area contributed by atoms with Crippen molar-refractivity contribution in [2.45, 2.75) is 39.7 Å². The van der Waals surface area contributed by atoms with Crippen LogP contribution in [0, 0.1) is 0 Å². The third-order valence-electron chi connectivity index (χ3n) is 1.76. The summed E-state index contributed by atoms with van der Waals surface area (Å²) >= 11 is 0. The minimum Gasteiger partial charge on any atom is -0.371 e. The monoisotopic (exact) mass is 220 g/mol. The van der Waals surface area contributed by atoms with E-state index in [1.165, 1.54) is 0 Å². The van der Waals surface area contributed by atoms with Crippen molar-refractivity contribution < 1.29 is 13.3 Å². The SMILES string of the molecule is CCO[Si](OCC)OCCC(N)CC. The summed E-state index contributed by atoms with van der Waals surface area (Å²) in [4.78, 5) is 0. The molecule has 1 radical (unpaired) electrons. The molecular formula is C9H22NO3Si. The molecule has 85 valence electrons. The largest absolute Gasteiger partial charge is 0.577 e. The van der Waals surface area contributed by atoms with Gasteiger partial charge in [0.15, 0.2) is 0 Å². The van der Waals surface area contributed by atoms with Crippen LogP contribution in [-0.2, 0) is 13.3 Å². The maximum atomic E-state index is 5.76. The Morgan fingerprint density at radius 3 is 2.07 bits per heavy atom. The second-order valence-corrected chi connectivity index (χ2v) is 4.29. The second-order valence-electron chi connectivity index (χ2n) is 2.92. The van der Waals surface area contributed by atoms with E-state index in [9.17, 15) is 0 Å². The first kappa shape index (κ1) is 14.1. The first-order valence-corrected chi connectivity index (χ1v) is 6.47. The quantitative estimate of drug-likeness (QED) is 0.593. The molecule has 1 unspecified atom stereocenters. The molecule has 0 amide bonds. The zero-order valence-corrected chi connectivity index (χ0v) is 10.4. The maximum Gasteiger partial charge on any atom is 0.577 e. The fraction of sp³-hybridized carbons (Fsp3) is 1.00. The molecule has 0 heterocycles. The van der Waals surface area contributed by atoms with Crippen LogP contribution in [0.15, 0.2) is 0 Å². The van der Waals surface area contributed by atoms with Gasteiger partial charge >= 0.3 is 9.53 Å². The van der Waals surface area contributed by atoms with E-state index in [1.54, 1.807) is 0 Å². The normalized spacial score (nSPS) is 13.5. The Hall–Kier alpha value is 0.0569. The van der Waals surface area contributed by atoms with Gasteiger partial charge in [-0.05, 0) is 26.7 Å². The summed E-state index contributed by atoms with van der Waals surface area (Å²) in [6.07, 6.45) is 1.85. The predicted molar refractivity (Wildman–Crippen MR) is 57.8 cm³/mol. The van der Waals surface area contributed by atoms with Crippen molar-refractivity contribution in [1.82, 2.24) is 0 Å². The Labute approximate surface area is 88.7 Å². The van der Waals surface area contributed by atoms with Crippen LogP contribution in [-0.4, -0.2) is 35.4 Å². The summed E-state index contributed by atoms with van der Waals surface area (Å²) in [6.45, 7) is 7.84. The summed E-state index contributed by atoms with van der Waals surface area (Å²) in [5.74, 6) is 0. The highest BCUT2D eigenvalue weighted by Gasteiger charge is 2.17. The summed E-state index contributed by atoms with van der Waals surface area (Å²) in [7, 11) is -1.51. The molecular weight excluding hydrogens is 198 g/mol. The first-order valence-electron chi connectivity index (χ1n) is 5.25. The Bertz CT molecular complexity index is 121. The molecule has 0 fully saturated rings. The van der Waals surface area contributed by atoms with Crippen LogP contribution in [0.2, 0.25) is 0 Å². The van der Waals surface area contributed by atoms with Crippen LogP contribution in [0.3, 0.4) is 0 Å². The Morgan fingerprint density at radius 2 is 1.64 bits per heavy atom. The Kier molecular flexibility index (Phi) is 9.64. The summed E-state index contributed by atoms with van der Waals surface area (Å²) in [5.41, 5.74) is 5.76. The molecule has 2 N–H and O–H groups in total. The van der Waals surface area contributed by atoms with E-state index in [0.29, 0.717) is 19.8 Å². The molecule has 0 aromatic rings. The molecule has 0 aromatic heterocycles. The second kappa shape index (κ2) is 9.61. The summed E-state index contributed by atoms with van der Waals surface area (Å²) < 4.78 is 16.1. The zero-order chi connectivity index (χ0) is 10.8. The lowest BCUT2D eigenvalue weighted by atomic mass is 10.2. The number of hydrogen-bond donors (Lipinski definition) is 1. The van der Waals surface area contributed by atoms with Crippen LogP contribution >= 0.6 is 0 Å². The van der Waals surface area contributed by atoms with Gasteiger partial charge in [-0.2, -0.15) is 0 Å². The minimum atomic E-state index is -1.51. The van der Waals surface area contributed by atoms with Gasteiger partial charge in [0.1, 0.15) is 0 Å². The van der Waals surface area contributed by atoms with Gasteiger partial charge in [0, 0.05) is 25.9 Å². The molecule has 0 saturated heterocycles. The summed E-state index contributed by atoms with van der Waals surface area (Å²) in [5, 5.41) is 0. The van der Waals surface area contributed by atoms with Gasteiger partial charge in [-0.15, -0.1) is 0 Å². The maximum absolute atomic E-state index is 5.76. The summed E-state index contributed by atoms with van der Waals surface area (Å²) in [6, 6.07) is 0.224. The third kappa shape index (κ3) is 7.46. The molecule has 0 rings (SSSR count). The number of hydrogen-bond acceptors (Lipinski definition) is 4. The molecule has 0 aliphatic heterocycles. The standard InChI is InChI=1S/C9H22NO3Si/c1-4-9(10)7-8-13-14(11-5-2)12-6-3/h9H,4-8,10H2,1-3H3. The van der Waals surface area contributed by atoms with E-state index in [0.717, 1.165) is 12.8 Å². The Morgan fingerprint density at radius 1 is 1.07 bits per heavy atom. The van der Waals surface area contributed by atoms with Crippen molar-refractivity contribution in [3.63, 3.8) is 0 Å². The lowest BCUT2D eigenvalue weighted by Gasteiger charge is -2.14. The zero-order valence-electron chi connectivity index (χ0n) is 9.41. The van der Waals surface area contributed by atoms with Crippen molar-refractivity contribution in [2.75, 3.05) is 19.8 Å². The van der Waals surface area contributed by atoms with Crippen molar-refractivity contribution in [2.24, 2.45) is 5.73 Å². The molecule has 0 bridgehead atoms. The highest BCUT2D eigenvalue weighted by atomic mass is 28.3. The van der Waals surface area contributed by atoms with Crippen molar-refractivity contribution in [3.8, 4) is 0 Å². The van der Waals surface area contributed by atoms with Gasteiger partial charge in [-0.3, -0.25) is 0 Å². The smallest absolute Gasteiger partial charge is 0.371 e. The van der Waals surface area contributed by atoms with E-state index < -0.39 is 9.53 Å². The highest BCUT2D eigenvalue weighted by molar-refractivity contribution is 6.36. The van der Waals surface area contributed by atoms with Crippen LogP contribution < -0.4 is 5.73 Å². The van der Waals surface area contributed by atoms with Gasteiger partial charge in [0.25, 0.3) is 0 Å². The van der Waals surface area contributed by atoms with Gasteiger partial charge in [-0.1, -0.05) is 6.92 Å². The van der Waals surface area contributed by atoms with E-state index >= 15 is 0 Å². The third-order valence-corrected chi connectivity index (χ3v) is 3.25. The fourth-order valence-electron chi connectivity index (χ4n) is 0.858. The molecule has 0 spiro atoms. The van der Waals surface area contributed by atoms with Gasteiger partial charge < -0.3 is 19.0 Å². The predicted octanol–water partition coefficient (Wildman–Crippen LogP) is 1.19. The van der Waals surface area contributed by atoms with Crippen molar-refractivity contribution in [3.05, 3.63) is 0 Å². The van der Waals surface area contributed by atoms with Crippen LogP contribution in [0.1, 0.15) is 33.6 Å². The molecule has 5 heteroatoms. The number of rotatable bonds is 9. The van der Waals surface area contributed by atoms with Crippen LogP contribution in [0.25, 0.3) is 0 Å². The molecule has 0 aliphatic carbocycles. The van der Waals surface area contributed by atoms with E-state index in [-0.39, 0.29) is 6.04 Å². The minimum absolute atomic E-state index is 0.224. The van der Waals surface area contributed by atoms with E-state index in [1.807, 2.05) is 13.8 Å². The fourth-order valence-corrected chi connectivity index (χ4v) is 1.86. The first-order chi connectivity index (χ1) is 6.74. The molecule has 4 nitrogen and oxygen atoms in total. The van der Waals surface area contributed by atoms with Gasteiger partial charge in [0.05, 0.1) is 0 Å². The Balaban J connectivity index is 3.49. The lowest BCUT2D eigenvalue weighted by Crippen LogP contribution is -2.30. The van der Waals surface area contributed by atoms with Crippen LogP contribution in [0.5, 0.6) is 0 Å². The average Bonchev–Trinajstić information content (AvgIpc) is 2.18. The topological polar surface area (TPSA) is 53.7 Å². The van der Waals surface area contributed by atoms with Crippen molar-refractivity contribution in [1.29, 1.82) is 0 Å². The van der Waals surface area contributed by atoms with Crippen molar-refractivity contribution >= 4 is 9.53 Å². The average molecular weight is 220 g/mol. The molecule has 14 heavy (non-hydrogen) atoms.